The molecule has 0 atom stereocenters. The highest BCUT2D eigenvalue weighted by atomic mass is 16.2. The van der Waals surface area contributed by atoms with E-state index >= 15 is 0 Å². The van der Waals surface area contributed by atoms with Crippen LogP contribution >= 0.6 is 0 Å². The highest BCUT2D eigenvalue weighted by Gasteiger charge is 2.17. The fourth-order valence-corrected chi connectivity index (χ4v) is 2.39. The van der Waals surface area contributed by atoms with Gasteiger partial charge in [-0.3, -0.25) is 14.5 Å². The first-order chi connectivity index (χ1) is 10.1. The molecule has 0 radical (unpaired) electrons. The molecule has 1 aliphatic heterocycles. The number of hydrogen-bond donors (Lipinski definition) is 2. The SMILES string of the molecule is CCN1CCN(CC(=O)Nc2ccc(C(N)=O)cc2)CC1. The molecule has 0 aliphatic carbocycles. The van der Waals surface area contributed by atoms with Gasteiger partial charge < -0.3 is 16.0 Å². The number of nitrogens with one attached hydrogen (secondary N) is 1. The smallest absolute Gasteiger partial charge is 0.248 e. The number of rotatable bonds is 5. The summed E-state index contributed by atoms with van der Waals surface area (Å²) >= 11 is 0. The number of benzene rings is 1. The quantitative estimate of drug-likeness (QED) is 0.821. The van der Waals surface area contributed by atoms with Crippen LogP contribution in [0.25, 0.3) is 0 Å². The molecule has 1 aliphatic rings. The molecule has 1 aromatic rings. The molecule has 2 rings (SSSR count). The Morgan fingerprint density at radius 1 is 1.10 bits per heavy atom. The number of nitrogens with zero attached hydrogens (tertiary/aromatic N) is 2. The van der Waals surface area contributed by atoms with E-state index in [1.54, 1.807) is 24.3 Å². The summed E-state index contributed by atoms with van der Waals surface area (Å²) < 4.78 is 0. The van der Waals surface area contributed by atoms with E-state index in [1.807, 2.05) is 0 Å². The largest absolute Gasteiger partial charge is 0.366 e. The molecule has 0 aromatic heterocycles. The second-order valence-electron chi connectivity index (χ2n) is 5.20. The highest BCUT2D eigenvalue weighted by molar-refractivity contribution is 5.95. The molecular formula is C15H22N4O2. The third kappa shape index (κ3) is 4.54. The van der Waals surface area contributed by atoms with Gasteiger partial charge in [0.25, 0.3) is 0 Å². The van der Waals surface area contributed by atoms with E-state index in [4.69, 9.17) is 5.73 Å². The zero-order valence-electron chi connectivity index (χ0n) is 12.3. The van der Waals surface area contributed by atoms with E-state index in [2.05, 4.69) is 22.0 Å². The summed E-state index contributed by atoms with van der Waals surface area (Å²) in [6, 6.07) is 6.59. The van der Waals surface area contributed by atoms with Crippen LogP contribution in [0.3, 0.4) is 0 Å². The van der Waals surface area contributed by atoms with E-state index in [-0.39, 0.29) is 5.91 Å². The van der Waals surface area contributed by atoms with Gasteiger partial charge in [-0.25, -0.2) is 0 Å². The molecule has 0 saturated carbocycles. The first kappa shape index (κ1) is 15.5. The van der Waals surface area contributed by atoms with E-state index in [0.29, 0.717) is 17.8 Å². The van der Waals surface area contributed by atoms with Gasteiger partial charge in [0.05, 0.1) is 6.54 Å². The van der Waals surface area contributed by atoms with E-state index in [1.165, 1.54) is 0 Å². The maximum absolute atomic E-state index is 12.0. The average molecular weight is 290 g/mol. The number of amides is 2. The summed E-state index contributed by atoms with van der Waals surface area (Å²) in [6.45, 7) is 7.47. The van der Waals surface area contributed by atoms with Gasteiger partial charge in [-0.05, 0) is 30.8 Å². The maximum Gasteiger partial charge on any atom is 0.248 e. The van der Waals surface area contributed by atoms with Crippen molar-refractivity contribution in [3.63, 3.8) is 0 Å². The minimum atomic E-state index is -0.471. The Labute approximate surface area is 124 Å². The number of hydrogen-bond acceptors (Lipinski definition) is 4. The monoisotopic (exact) mass is 290 g/mol. The normalized spacial score (nSPS) is 16.6. The lowest BCUT2D eigenvalue weighted by Crippen LogP contribution is -2.48. The van der Waals surface area contributed by atoms with Crippen LogP contribution in [0.5, 0.6) is 0 Å². The van der Waals surface area contributed by atoms with Crippen molar-refractivity contribution in [2.45, 2.75) is 6.92 Å². The van der Waals surface area contributed by atoms with Gasteiger partial charge in [0.15, 0.2) is 0 Å². The predicted octanol–water partition coefficient (Wildman–Crippen LogP) is 0.362. The van der Waals surface area contributed by atoms with Gasteiger partial charge in [-0.15, -0.1) is 0 Å². The lowest BCUT2D eigenvalue weighted by molar-refractivity contribution is -0.117. The Balaban J connectivity index is 1.80. The van der Waals surface area contributed by atoms with Crippen molar-refractivity contribution in [2.24, 2.45) is 5.73 Å². The van der Waals surface area contributed by atoms with Crippen LogP contribution in [0.4, 0.5) is 5.69 Å². The number of primary amides is 1. The first-order valence-corrected chi connectivity index (χ1v) is 7.23. The van der Waals surface area contributed by atoms with Crippen LogP contribution in [0, 0.1) is 0 Å². The van der Waals surface area contributed by atoms with E-state index < -0.39 is 5.91 Å². The molecule has 3 N–H and O–H groups in total. The second kappa shape index (κ2) is 7.19. The molecule has 21 heavy (non-hydrogen) atoms. The van der Waals surface area contributed by atoms with Gasteiger partial charge in [0.1, 0.15) is 0 Å². The Morgan fingerprint density at radius 2 is 1.67 bits per heavy atom. The minimum Gasteiger partial charge on any atom is -0.366 e. The number of nitrogens with two attached hydrogens (primary N) is 1. The van der Waals surface area contributed by atoms with Crippen LogP contribution in [-0.2, 0) is 4.79 Å². The fraction of sp³-hybridized carbons (Fsp3) is 0.467. The number of piperazine rings is 1. The molecule has 0 unspecified atom stereocenters. The molecule has 0 bridgehead atoms. The summed E-state index contributed by atoms with van der Waals surface area (Å²) in [5.41, 5.74) is 6.29. The van der Waals surface area contributed by atoms with E-state index in [9.17, 15) is 9.59 Å². The van der Waals surface area contributed by atoms with Crippen LogP contribution in [0.1, 0.15) is 17.3 Å². The Kier molecular flexibility index (Phi) is 5.30. The Morgan fingerprint density at radius 3 is 2.19 bits per heavy atom. The summed E-state index contributed by atoms with van der Waals surface area (Å²) in [5.74, 6) is -0.506. The summed E-state index contributed by atoms with van der Waals surface area (Å²) in [5, 5.41) is 2.83. The summed E-state index contributed by atoms with van der Waals surface area (Å²) in [7, 11) is 0. The predicted molar refractivity (Wildman–Crippen MR) is 82.1 cm³/mol. The highest BCUT2D eigenvalue weighted by Crippen LogP contribution is 2.09. The van der Waals surface area contributed by atoms with Gasteiger partial charge in [-0.1, -0.05) is 6.92 Å². The second-order valence-corrected chi connectivity index (χ2v) is 5.20. The molecule has 2 amide bonds. The molecule has 114 valence electrons. The molecule has 1 fully saturated rings. The lowest BCUT2D eigenvalue weighted by atomic mass is 10.2. The van der Waals surface area contributed by atoms with Crippen molar-refractivity contribution in [2.75, 3.05) is 44.6 Å². The lowest BCUT2D eigenvalue weighted by Gasteiger charge is -2.33. The van der Waals surface area contributed by atoms with E-state index in [0.717, 1.165) is 32.7 Å². The molecule has 6 heteroatoms. The standard InChI is InChI=1S/C15H22N4O2/c1-2-18-7-9-19(10-8-18)11-14(20)17-13-5-3-12(4-6-13)15(16)21/h3-6H,2,7-11H2,1H3,(H2,16,21)(H,17,20). The summed E-state index contributed by atoms with van der Waals surface area (Å²) in [4.78, 5) is 27.5. The Hall–Kier alpha value is -1.92. The summed E-state index contributed by atoms with van der Waals surface area (Å²) in [6.07, 6.45) is 0. The number of carbonyl (C=O) groups excluding carboxylic acids is 2. The number of anilines is 1. The third-order valence-corrected chi connectivity index (χ3v) is 3.73. The van der Waals surface area contributed by atoms with Crippen molar-refractivity contribution >= 4 is 17.5 Å². The topological polar surface area (TPSA) is 78.7 Å². The van der Waals surface area contributed by atoms with Crippen molar-refractivity contribution in [1.29, 1.82) is 0 Å². The number of likely N-dealkylation sites (N-methyl/N-ethyl adjacent to an activating group) is 1. The van der Waals surface area contributed by atoms with Crippen molar-refractivity contribution in [3.8, 4) is 0 Å². The fourth-order valence-electron chi connectivity index (χ4n) is 2.39. The van der Waals surface area contributed by atoms with Crippen LogP contribution in [0.2, 0.25) is 0 Å². The van der Waals surface area contributed by atoms with Gasteiger partial charge in [-0.2, -0.15) is 0 Å². The third-order valence-electron chi connectivity index (χ3n) is 3.73. The van der Waals surface area contributed by atoms with Gasteiger partial charge in [0, 0.05) is 37.4 Å². The van der Waals surface area contributed by atoms with Crippen LogP contribution in [-0.4, -0.2) is 60.9 Å². The van der Waals surface area contributed by atoms with Crippen LogP contribution < -0.4 is 11.1 Å². The average Bonchev–Trinajstić information content (AvgIpc) is 2.48. The molecular weight excluding hydrogens is 268 g/mol. The number of carbonyl (C=O) groups is 2. The molecule has 6 nitrogen and oxygen atoms in total. The zero-order valence-corrected chi connectivity index (χ0v) is 12.3. The Bertz CT molecular complexity index is 493. The van der Waals surface area contributed by atoms with Gasteiger partial charge in [0.2, 0.25) is 11.8 Å². The molecule has 1 heterocycles. The molecule has 1 saturated heterocycles. The first-order valence-electron chi connectivity index (χ1n) is 7.23. The maximum atomic E-state index is 12.0. The van der Waals surface area contributed by atoms with Crippen molar-refractivity contribution in [1.82, 2.24) is 9.80 Å². The zero-order chi connectivity index (χ0) is 15.2. The van der Waals surface area contributed by atoms with Crippen molar-refractivity contribution < 1.29 is 9.59 Å². The molecule has 0 spiro atoms. The van der Waals surface area contributed by atoms with Crippen molar-refractivity contribution in [3.05, 3.63) is 29.8 Å². The van der Waals surface area contributed by atoms with Gasteiger partial charge >= 0.3 is 0 Å². The molecule has 1 aromatic carbocycles. The minimum absolute atomic E-state index is 0.0354. The van der Waals surface area contributed by atoms with Crippen LogP contribution in [0.15, 0.2) is 24.3 Å².